The fourth-order valence-electron chi connectivity index (χ4n) is 1.78. The molecule has 4 nitrogen and oxygen atoms in total. The van der Waals surface area contributed by atoms with Crippen molar-refractivity contribution in [2.45, 2.75) is 31.7 Å². The fourth-order valence-corrected chi connectivity index (χ4v) is 1.78. The lowest BCUT2D eigenvalue weighted by Gasteiger charge is -1.98. The van der Waals surface area contributed by atoms with Crippen LogP contribution < -0.4 is 5.73 Å². The average Bonchev–Trinajstić information content (AvgIpc) is 2.94. The maximum atomic E-state index is 5.56. The van der Waals surface area contributed by atoms with Crippen molar-refractivity contribution >= 4 is 0 Å². The van der Waals surface area contributed by atoms with Crippen LogP contribution in [0.15, 0.2) is 28.8 Å². The van der Waals surface area contributed by atoms with E-state index in [2.05, 4.69) is 17.1 Å². The molecule has 1 aliphatic rings. The van der Waals surface area contributed by atoms with Crippen LogP contribution in [0, 0.1) is 0 Å². The molecule has 3 rings (SSSR count). The predicted octanol–water partition coefficient (Wildman–Crippen LogP) is 2.25. The Morgan fingerprint density at radius 1 is 1.29 bits per heavy atom. The van der Waals surface area contributed by atoms with Gasteiger partial charge in [0.15, 0.2) is 5.82 Å². The van der Waals surface area contributed by atoms with Crippen LogP contribution in [-0.4, -0.2) is 10.1 Å². The zero-order valence-electron chi connectivity index (χ0n) is 9.81. The summed E-state index contributed by atoms with van der Waals surface area (Å²) in [6.07, 6.45) is 2.30. The highest BCUT2D eigenvalue weighted by atomic mass is 16.5. The summed E-state index contributed by atoms with van der Waals surface area (Å²) in [6.45, 7) is 2.71. The van der Waals surface area contributed by atoms with E-state index >= 15 is 0 Å². The second kappa shape index (κ2) is 3.67. The minimum Gasteiger partial charge on any atom is -0.334 e. The lowest BCUT2D eigenvalue weighted by atomic mass is 10.1. The lowest BCUT2D eigenvalue weighted by Crippen LogP contribution is -2.01. The van der Waals surface area contributed by atoms with Crippen molar-refractivity contribution in [3.05, 3.63) is 35.7 Å². The maximum Gasteiger partial charge on any atom is 0.257 e. The van der Waals surface area contributed by atoms with Gasteiger partial charge in [-0.1, -0.05) is 24.2 Å². The van der Waals surface area contributed by atoms with Crippen molar-refractivity contribution in [1.82, 2.24) is 10.1 Å². The summed E-state index contributed by atoms with van der Waals surface area (Å²) in [5.41, 5.74) is 7.76. The van der Waals surface area contributed by atoms with Gasteiger partial charge in [0, 0.05) is 17.5 Å². The molecule has 1 fully saturated rings. The Balaban J connectivity index is 1.90. The van der Waals surface area contributed by atoms with Gasteiger partial charge < -0.3 is 10.3 Å². The third kappa shape index (κ3) is 1.85. The lowest BCUT2D eigenvalue weighted by molar-refractivity contribution is 0.416. The fraction of sp³-hybridized carbons (Fsp3) is 0.385. The van der Waals surface area contributed by atoms with Crippen LogP contribution >= 0.6 is 0 Å². The van der Waals surface area contributed by atoms with Crippen molar-refractivity contribution in [3.8, 4) is 11.5 Å². The second-order valence-electron chi connectivity index (χ2n) is 4.88. The Labute approximate surface area is 99.8 Å². The van der Waals surface area contributed by atoms with Gasteiger partial charge in [0.2, 0.25) is 0 Å². The van der Waals surface area contributed by atoms with Gasteiger partial charge in [-0.2, -0.15) is 4.98 Å². The van der Waals surface area contributed by atoms with E-state index in [1.54, 1.807) is 0 Å². The van der Waals surface area contributed by atoms with Crippen molar-refractivity contribution in [1.29, 1.82) is 0 Å². The number of hydrogen-bond donors (Lipinski definition) is 1. The van der Waals surface area contributed by atoms with Crippen LogP contribution in [0.5, 0.6) is 0 Å². The van der Waals surface area contributed by atoms with Gasteiger partial charge in [0.1, 0.15) is 0 Å². The Bertz CT molecular complexity index is 526. The smallest absolute Gasteiger partial charge is 0.257 e. The van der Waals surface area contributed by atoms with Gasteiger partial charge in [-0.25, -0.2) is 0 Å². The first-order valence-electron chi connectivity index (χ1n) is 5.85. The molecule has 2 aromatic rings. The molecule has 0 bridgehead atoms. The highest BCUT2D eigenvalue weighted by Crippen LogP contribution is 2.46. The monoisotopic (exact) mass is 229 g/mol. The predicted molar refractivity (Wildman–Crippen MR) is 64.2 cm³/mol. The first kappa shape index (κ1) is 10.5. The Morgan fingerprint density at radius 2 is 2.00 bits per heavy atom. The topological polar surface area (TPSA) is 64.9 Å². The summed E-state index contributed by atoms with van der Waals surface area (Å²) in [5.74, 6) is 1.42. The van der Waals surface area contributed by atoms with Gasteiger partial charge in [0.25, 0.3) is 5.89 Å². The van der Waals surface area contributed by atoms with Crippen LogP contribution in [-0.2, 0) is 12.0 Å². The Hall–Kier alpha value is -1.68. The molecule has 0 amide bonds. The van der Waals surface area contributed by atoms with Gasteiger partial charge in [-0.3, -0.25) is 0 Å². The highest BCUT2D eigenvalue weighted by Gasteiger charge is 2.43. The molecule has 1 heterocycles. The van der Waals surface area contributed by atoms with E-state index in [1.165, 1.54) is 0 Å². The number of nitrogens with two attached hydrogens (primary N) is 1. The van der Waals surface area contributed by atoms with Crippen molar-refractivity contribution in [2.24, 2.45) is 5.73 Å². The van der Waals surface area contributed by atoms with Crippen molar-refractivity contribution < 1.29 is 4.52 Å². The standard InChI is InChI=1S/C13H15N3O/c1-13(6-7-13)12-15-11(17-16-12)10-4-2-9(8-14)3-5-10/h2-5H,6-8,14H2,1H3. The quantitative estimate of drug-likeness (QED) is 0.876. The van der Waals surface area contributed by atoms with Gasteiger partial charge >= 0.3 is 0 Å². The number of aromatic nitrogens is 2. The van der Waals surface area contributed by atoms with E-state index in [9.17, 15) is 0 Å². The zero-order chi connectivity index (χ0) is 11.9. The maximum absolute atomic E-state index is 5.56. The van der Waals surface area contributed by atoms with E-state index in [4.69, 9.17) is 10.3 Å². The summed E-state index contributed by atoms with van der Waals surface area (Å²) in [7, 11) is 0. The molecule has 0 aliphatic heterocycles. The minimum absolute atomic E-state index is 0.152. The molecule has 2 N–H and O–H groups in total. The van der Waals surface area contributed by atoms with Crippen molar-refractivity contribution in [3.63, 3.8) is 0 Å². The summed E-state index contributed by atoms with van der Waals surface area (Å²) in [6, 6.07) is 7.90. The summed E-state index contributed by atoms with van der Waals surface area (Å²) in [5, 5.41) is 4.06. The summed E-state index contributed by atoms with van der Waals surface area (Å²) >= 11 is 0. The van der Waals surface area contributed by atoms with Crippen LogP contribution in [0.2, 0.25) is 0 Å². The highest BCUT2D eigenvalue weighted by molar-refractivity contribution is 5.53. The van der Waals surface area contributed by atoms with Crippen LogP contribution in [0.4, 0.5) is 0 Å². The Morgan fingerprint density at radius 3 is 2.59 bits per heavy atom. The molecule has 88 valence electrons. The molecule has 1 aromatic heterocycles. The van der Waals surface area contributed by atoms with Gasteiger partial charge in [-0.15, -0.1) is 0 Å². The summed E-state index contributed by atoms with van der Waals surface area (Å²) in [4.78, 5) is 4.46. The van der Waals surface area contributed by atoms with E-state index in [0.29, 0.717) is 12.4 Å². The molecule has 0 radical (unpaired) electrons. The van der Waals surface area contributed by atoms with E-state index in [1.807, 2.05) is 24.3 Å². The van der Waals surface area contributed by atoms with Crippen LogP contribution in [0.1, 0.15) is 31.2 Å². The number of hydrogen-bond acceptors (Lipinski definition) is 4. The van der Waals surface area contributed by atoms with Crippen LogP contribution in [0.3, 0.4) is 0 Å². The third-order valence-corrected chi connectivity index (χ3v) is 3.40. The molecule has 0 atom stereocenters. The summed E-state index contributed by atoms with van der Waals surface area (Å²) < 4.78 is 5.30. The second-order valence-corrected chi connectivity index (χ2v) is 4.88. The molecule has 0 unspecified atom stereocenters. The third-order valence-electron chi connectivity index (χ3n) is 3.40. The molecule has 17 heavy (non-hydrogen) atoms. The SMILES string of the molecule is CC1(c2noc(-c3ccc(CN)cc3)n2)CC1. The number of rotatable bonds is 3. The zero-order valence-corrected chi connectivity index (χ0v) is 9.81. The molecule has 1 aliphatic carbocycles. The van der Waals surface area contributed by atoms with E-state index < -0.39 is 0 Å². The molecule has 1 saturated carbocycles. The normalized spacial score (nSPS) is 17.1. The first-order chi connectivity index (χ1) is 8.21. The molecule has 0 spiro atoms. The molecular formula is C13H15N3O. The number of benzene rings is 1. The molecule has 4 heteroatoms. The van der Waals surface area contributed by atoms with Gasteiger partial charge in [0.05, 0.1) is 0 Å². The largest absolute Gasteiger partial charge is 0.334 e. The van der Waals surface area contributed by atoms with E-state index in [0.717, 1.165) is 29.8 Å². The molecule has 1 aromatic carbocycles. The molecule has 0 saturated heterocycles. The number of nitrogens with zero attached hydrogens (tertiary/aromatic N) is 2. The average molecular weight is 229 g/mol. The molecular weight excluding hydrogens is 214 g/mol. The van der Waals surface area contributed by atoms with E-state index in [-0.39, 0.29) is 5.41 Å². The van der Waals surface area contributed by atoms with Crippen molar-refractivity contribution in [2.75, 3.05) is 0 Å². The van der Waals surface area contributed by atoms with Gasteiger partial charge in [-0.05, 0) is 30.5 Å². The first-order valence-corrected chi connectivity index (χ1v) is 5.85. The minimum atomic E-state index is 0.152. The Kier molecular flexibility index (Phi) is 2.26. The van der Waals surface area contributed by atoms with Crippen LogP contribution in [0.25, 0.3) is 11.5 Å².